The maximum atomic E-state index is 12.3. The van der Waals surface area contributed by atoms with Crippen LogP contribution in [-0.4, -0.2) is 30.1 Å². The maximum Gasteiger partial charge on any atom is 0.255 e. The monoisotopic (exact) mass is 426 g/mol. The maximum absolute atomic E-state index is 12.3. The van der Waals surface area contributed by atoms with Crippen LogP contribution in [0.3, 0.4) is 0 Å². The van der Waals surface area contributed by atoms with E-state index in [0.717, 1.165) is 11.3 Å². The molecule has 1 heterocycles. The molecule has 4 rings (SSSR count). The standard InChI is InChI=1S/C25H22N4O3/c1-31-20-12-13-23(32-2)21(14-20)22-15-24(27-16-26-22)28-18-8-10-19(11-9-18)29-25(30)17-6-4-3-5-7-17/h3-16H,1-2H3,(H,29,30)(H,26,27,28). The molecule has 160 valence electrons. The second kappa shape index (κ2) is 9.61. The van der Waals surface area contributed by atoms with Gasteiger partial charge < -0.3 is 20.1 Å². The summed E-state index contributed by atoms with van der Waals surface area (Å²) in [6, 6.07) is 23.9. The third-order valence-electron chi connectivity index (χ3n) is 4.80. The van der Waals surface area contributed by atoms with Crippen molar-refractivity contribution < 1.29 is 14.3 Å². The minimum Gasteiger partial charge on any atom is -0.497 e. The smallest absolute Gasteiger partial charge is 0.255 e. The number of carbonyl (C=O) groups excluding carboxylic acids is 1. The Morgan fingerprint density at radius 2 is 1.56 bits per heavy atom. The molecule has 7 nitrogen and oxygen atoms in total. The van der Waals surface area contributed by atoms with E-state index in [0.29, 0.717) is 34.3 Å². The molecule has 1 amide bonds. The molecule has 0 aliphatic rings. The van der Waals surface area contributed by atoms with Crippen molar-refractivity contribution in [3.8, 4) is 22.8 Å². The number of aromatic nitrogens is 2. The Morgan fingerprint density at radius 3 is 2.28 bits per heavy atom. The van der Waals surface area contributed by atoms with E-state index in [1.54, 1.807) is 26.4 Å². The number of ether oxygens (including phenoxy) is 2. The molecule has 0 saturated carbocycles. The fourth-order valence-corrected chi connectivity index (χ4v) is 3.16. The minimum atomic E-state index is -0.154. The summed E-state index contributed by atoms with van der Waals surface area (Å²) in [6.45, 7) is 0. The molecule has 2 N–H and O–H groups in total. The molecule has 0 fully saturated rings. The molecular formula is C25H22N4O3. The molecule has 0 spiro atoms. The fraction of sp³-hybridized carbons (Fsp3) is 0.0800. The Morgan fingerprint density at radius 1 is 0.812 bits per heavy atom. The van der Waals surface area contributed by atoms with Gasteiger partial charge in [-0.2, -0.15) is 0 Å². The minimum absolute atomic E-state index is 0.154. The summed E-state index contributed by atoms with van der Waals surface area (Å²) in [7, 11) is 3.23. The first-order chi connectivity index (χ1) is 15.7. The summed E-state index contributed by atoms with van der Waals surface area (Å²) in [4.78, 5) is 21.0. The predicted molar refractivity (Wildman–Crippen MR) is 125 cm³/mol. The van der Waals surface area contributed by atoms with Crippen LogP contribution in [0, 0.1) is 0 Å². The lowest BCUT2D eigenvalue weighted by atomic mass is 10.1. The molecule has 4 aromatic rings. The molecule has 0 saturated heterocycles. The topological polar surface area (TPSA) is 85.4 Å². The van der Waals surface area contributed by atoms with Crippen molar-refractivity contribution in [2.24, 2.45) is 0 Å². The van der Waals surface area contributed by atoms with Crippen molar-refractivity contribution in [3.05, 3.63) is 90.8 Å². The van der Waals surface area contributed by atoms with Crippen molar-refractivity contribution in [2.45, 2.75) is 0 Å². The van der Waals surface area contributed by atoms with Gasteiger partial charge in [-0.05, 0) is 54.6 Å². The van der Waals surface area contributed by atoms with Crippen LogP contribution >= 0.6 is 0 Å². The second-order valence-corrected chi connectivity index (χ2v) is 6.88. The van der Waals surface area contributed by atoms with Crippen LogP contribution in [0.1, 0.15) is 10.4 Å². The lowest BCUT2D eigenvalue weighted by Gasteiger charge is -2.12. The Kier molecular flexibility index (Phi) is 6.27. The van der Waals surface area contributed by atoms with E-state index < -0.39 is 0 Å². The molecule has 0 atom stereocenters. The van der Waals surface area contributed by atoms with Crippen molar-refractivity contribution in [3.63, 3.8) is 0 Å². The average molecular weight is 426 g/mol. The highest BCUT2D eigenvalue weighted by Crippen LogP contribution is 2.33. The average Bonchev–Trinajstić information content (AvgIpc) is 2.85. The molecular weight excluding hydrogens is 404 g/mol. The van der Waals surface area contributed by atoms with E-state index >= 15 is 0 Å². The Hall–Kier alpha value is -4.39. The number of benzene rings is 3. The summed E-state index contributed by atoms with van der Waals surface area (Å²) in [5.74, 6) is 1.87. The molecule has 0 aliphatic carbocycles. The summed E-state index contributed by atoms with van der Waals surface area (Å²) >= 11 is 0. The van der Waals surface area contributed by atoms with Gasteiger partial charge in [0, 0.05) is 28.6 Å². The Labute approximate surface area is 186 Å². The lowest BCUT2D eigenvalue weighted by molar-refractivity contribution is 0.102. The first-order valence-electron chi connectivity index (χ1n) is 9.94. The first-order valence-corrected chi connectivity index (χ1v) is 9.94. The summed E-state index contributed by atoms with van der Waals surface area (Å²) in [5.41, 5.74) is 3.64. The van der Waals surface area contributed by atoms with Gasteiger partial charge in [0.1, 0.15) is 23.6 Å². The molecule has 0 radical (unpaired) electrons. The summed E-state index contributed by atoms with van der Waals surface area (Å²) < 4.78 is 10.8. The first kappa shape index (κ1) is 20.9. The Bertz CT molecular complexity index is 1210. The number of rotatable bonds is 7. The van der Waals surface area contributed by atoms with Crippen LogP contribution in [0.4, 0.5) is 17.2 Å². The second-order valence-electron chi connectivity index (χ2n) is 6.88. The zero-order valence-corrected chi connectivity index (χ0v) is 17.7. The van der Waals surface area contributed by atoms with Crippen molar-refractivity contribution in [1.29, 1.82) is 0 Å². The van der Waals surface area contributed by atoms with Crippen LogP contribution in [0.5, 0.6) is 11.5 Å². The van der Waals surface area contributed by atoms with E-state index in [1.807, 2.05) is 66.7 Å². The number of nitrogens with zero attached hydrogens (tertiary/aromatic N) is 2. The van der Waals surface area contributed by atoms with Gasteiger partial charge in [-0.15, -0.1) is 0 Å². The van der Waals surface area contributed by atoms with Gasteiger partial charge in [0.05, 0.1) is 19.9 Å². The third-order valence-corrected chi connectivity index (χ3v) is 4.80. The highest BCUT2D eigenvalue weighted by Gasteiger charge is 2.11. The van der Waals surface area contributed by atoms with Gasteiger partial charge in [0.15, 0.2) is 0 Å². The van der Waals surface area contributed by atoms with E-state index in [-0.39, 0.29) is 5.91 Å². The van der Waals surface area contributed by atoms with Gasteiger partial charge in [-0.1, -0.05) is 18.2 Å². The largest absolute Gasteiger partial charge is 0.497 e. The summed E-state index contributed by atoms with van der Waals surface area (Å²) in [6.07, 6.45) is 1.49. The molecule has 0 aliphatic heterocycles. The van der Waals surface area contributed by atoms with Crippen molar-refractivity contribution in [2.75, 3.05) is 24.9 Å². The molecule has 1 aromatic heterocycles. The molecule has 0 unspecified atom stereocenters. The number of nitrogens with one attached hydrogen (secondary N) is 2. The highest BCUT2D eigenvalue weighted by molar-refractivity contribution is 6.04. The third kappa shape index (κ3) is 4.84. The van der Waals surface area contributed by atoms with E-state index in [4.69, 9.17) is 9.47 Å². The SMILES string of the molecule is COc1ccc(OC)c(-c2cc(Nc3ccc(NC(=O)c4ccccc4)cc3)ncn2)c1. The lowest BCUT2D eigenvalue weighted by Crippen LogP contribution is -2.11. The number of hydrogen-bond donors (Lipinski definition) is 2. The quantitative estimate of drug-likeness (QED) is 0.425. The number of methoxy groups -OCH3 is 2. The number of carbonyl (C=O) groups is 1. The van der Waals surface area contributed by atoms with Gasteiger partial charge in [-0.3, -0.25) is 4.79 Å². The van der Waals surface area contributed by atoms with Crippen LogP contribution < -0.4 is 20.1 Å². The Balaban J connectivity index is 1.49. The van der Waals surface area contributed by atoms with E-state index in [9.17, 15) is 4.79 Å². The van der Waals surface area contributed by atoms with Crippen LogP contribution in [-0.2, 0) is 0 Å². The predicted octanol–water partition coefficient (Wildman–Crippen LogP) is 5.16. The molecule has 32 heavy (non-hydrogen) atoms. The normalized spacial score (nSPS) is 10.3. The number of hydrogen-bond acceptors (Lipinski definition) is 6. The molecule has 0 bridgehead atoms. The van der Waals surface area contributed by atoms with Gasteiger partial charge in [-0.25, -0.2) is 9.97 Å². The highest BCUT2D eigenvalue weighted by atomic mass is 16.5. The molecule has 3 aromatic carbocycles. The van der Waals surface area contributed by atoms with Gasteiger partial charge in [0.2, 0.25) is 0 Å². The van der Waals surface area contributed by atoms with Crippen LogP contribution in [0.2, 0.25) is 0 Å². The van der Waals surface area contributed by atoms with Gasteiger partial charge >= 0.3 is 0 Å². The van der Waals surface area contributed by atoms with Crippen molar-refractivity contribution in [1.82, 2.24) is 9.97 Å². The summed E-state index contributed by atoms with van der Waals surface area (Å²) in [5, 5.41) is 6.14. The van der Waals surface area contributed by atoms with Crippen LogP contribution in [0.25, 0.3) is 11.3 Å². The number of amides is 1. The zero-order chi connectivity index (χ0) is 22.3. The van der Waals surface area contributed by atoms with Crippen LogP contribution in [0.15, 0.2) is 85.2 Å². The molecule has 7 heteroatoms. The van der Waals surface area contributed by atoms with E-state index in [2.05, 4.69) is 20.6 Å². The van der Waals surface area contributed by atoms with E-state index in [1.165, 1.54) is 6.33 Å². The number of anilines is 3. The van der Waals surface area contributed by atoms with Crippen molar-refractivity contribution >= 4 is 23.1 Å². The van der Waals surface area contributed by atoms with Gasteiger partial charge in [0.25, 0.3) is 5.91 Å². The fourth-order valence-electron chi connectivity index (χ4n) is 3.16. The zero-order valence-electron chi connectivity index (χ0n) is 17.7.